The van der Waals surface area contributed by atoms with Gasteiger partial charge in [-0.3, -0.25) is 0 Å². The predicted octanol–water partition coefficient (Wildman–Crippen LogP) is 6.71. The van der Waals surface area contributed by atoms with Crippen LogP contribution < -0.4 is 0 Å². The Bertz CT molecular complexity index is 845. The van der Waals surface area contributed by atoms with E-state index in [1.165, 1.54) is 0 Å². The first kappa shape index (κ1) is 15.9. The molecule has 0 aromatic heterocycles. The van der Waals surface area contributed by atoms with Crippen molar-refractivity contribution in [1.29, 1.82) is 0 Å². The molecule has 0 saturated heterocycles. The largest absolute Gasteiger partial charge is 0.388 e. The molecule has 1 atom stereocenters. The SMILES string of the molecule is O[C@@H](CBr)c1cc2cc(Br)c(Br)cc2c2cc(Br)ccc12. The molecule has 5 heteroatoms. The number of alkyl halides is 1. The lowest BCUT2D eigenvalue weighted by molar-refractivity contribution is 0.207. The number of aliphatic hydroxyl groups excluding tert-OH is 1. The molecule has 0 spiro atoms. The van der Waals surface area contributed by atoms with Gasteiger partial charge in [0, 0.05) is 18.7 Å². The van der Waals surface area contributed by atoms with Gasteiger partial charge in [-0.1, -0.05) is 37.9 Å². The summed E-state index contributed by atoms with van der Waals surface area (Å²) in [6.07, 6.45) is -0.527. The van der Waals surface area contributed by atoms with E-state index in [2.05, 4.69) is 94.1 Å². The number of benzene rings is 3. The van der Waals surface area contributed by atoms with Gasteiger partial charge in [0.25, 0.3) is 0 Å². The Labute approximate surface area is 156 Å². The standard InChI is InChI=1S/C16H10Br4O/c17-7-16(21)13-3-8-4-14(19)15(20)6-11(8)12-5-9(18)1-2-10(12)13/h1-6,16,21H,7H2/t16-/m0/s1. The second-order valence-corrected chi connectivity index (χ2v) is 8.09. The van der Waals surface area contributed by atoms with Crippen LogP contribution in [-0.2, 0) is 0 Å². The van der Waals surface area contributed by atoms with E-state index >= 15 is 0 Å². The molecular formula is C16H10Br4O. The van der Waals surface area contributed by atoms with Crippen molar-refractivity contribution in [3.05, 3.63) is 55.4 Å². The molecule has 0 bridgehead atoms. The van der Waals surface area contributed by atoms with E-state index in [1.54, 1.807) is 0 Å². The summed E-state index contributed by atoms with van der Waals surface area (Å²) in [5.41, 5.74) is 0.941. The molecule has 0 fully saturated rings. The van der Waals surface area contributed by atoms with Crippen molar-refractivity contribution in [2.24, 2.45) is 0 Å². The van der Waals surface area contributed by atoms with Crippen molar-refractivity contribution < 1.29 is 5.11 Å². The first-order valence-corrected chi connectivity index (χ1v) is 9.76. The molecule has 1 nitrogen and oxygen atoms in total. The Kier molecular flexibility index (Phi) is 4.77. The Morgan fingerprint density at radius 1 is 0.857 bits per heavy atom. The van der Waals surface area contributed by atoms with Crippen LogP contribution in [0, 0.1) is 0 Å². The highest BCUT2D eigenvalue weighted by Gasteiger charge is 2.14. The number of hydrogen-bond acceptors (Lipinski definition) is 1. The summed E-state index contributed by atoms with van der Waals surface area (Å²) in [6.45, 7) is 0. The molecule has 0 amide bonds. The summed E-state index contributed by atoms with van der Waals surface area (Å²) in [6, 6.07) is 12.4. The van der Waals surface area contributed by atoms with Gasteiger partial charge in [0.1, 0.15) is 0 Å². The molecule has 0 radical (unpaired) electrons. The van der Waals surface area contributed by atoms with E-state index in [1.807, 2.05) is 6.07 Å². The summed E-state index contributed by atoms with van der Waals surface area (Å²) in [5.74, 6) is 0. The van der Waals surface area contributed by atoms with E-state index in [0.717, 1.165) is 40.5 Å². The maximum absolute atomic E-state index is 10.3. The Balaban J connectivity index is 2.50. The highest BCUT2D eigenvalue weighted by atomic mass is 79.9. The van der Waals surface area contributed by atoms with Crippen LogP contribution >= 0.6 is 63.7 Å². The molecule has 3 aromatic carbocycles. The van der Waals surface area contributed by atoms with Crippen LogP contribution in [0.5, 0.6) is 0 Å². The topological polar surface area (TPSA) is 20.2 Å². The van der Waals surface area contributed by atoms with Gasteiger partial charge in [-0.15, -0.1) is 0 Å². The number of fused-ring (bicyclic) bond motifs is 3. The summed E-state index contributed by atoms with van der Waals surface area (Å²) in [7, 11) is 0. The Morgan fingerprint density at radius 3 is 2.29 bits per heavy atom. The lowest BCUT2D eigenvalue weighted by Gasteiger charge is -2.15. The van der Waals surface area contributed by atoms with E-state index in [-0.39, 0.29) is 0 Å². The molecule has 0 heterocycles. The smallest absolute Gasteiger partial charge is 0.0893 e. The van der Waals surface area contributed by atoms with Crippen molar-refractivity contribution >= 4 is 85.3 Å². The average molecular weight is 538 g/mol. The normalized spacial score (nSPS) is 13.0. The Hall–Kier alpha value is 0.0600. The lowest BCUT2D eigenvalue weighted by Crippen LogP contribution is -2.00. The van der Waals surface area contributed by atoms with Crippen LogP contribution in [0.1, 0.15) is 11.7 Å². The van der Waals surface area contributed by atoms with Gasteiger partial charge in [-0.05, 0) is 89.3 Å². The van der Waals surface area contributed by atoms with Gasteiger partial charge in [0.2, 0.25) is 0 Å². The van der Waals surface area contributed by atoms with Crippen molar-refractivity contribution in [1.82, 2.24) is 0 Å². The molecule has 3 rings (SSSR count). The molecule has 1 N–H and O–H groups in total. The predicted molar refractivity (Wildman–Crippen MR) is 103 cm³/mol. The first-order valence-electron chi connectivity index (χ1n) is 6.26. The van der Waals surface area contributed by atoms with Crippen molar-refractivity contribution in [2.75, 3.05) is 5.33 Å². The number of aliphatic hydroxyl groups is 1. The van der Waals surface area contributed by atoms with E-state index in [0.29, 0.717) is 5.33 Å². The van der Waals surface area contributed by atoms with Crippen molar-refractivity contribution in [3.63, 3.8) is 0 Å². The van der Waals surface area contributed by atoms with Gasteiger partial charge >= 0.3 is 0 Å². The number of hydrogen-bond donors (Lipinski definition) is 1. The van der Waals surface area contributed by atoms with Gasteiger partial charge in [0.05, 0.1) is 6.10 Å². The van der Waals surface area contributed by atoms with Gasteiger partial charge in [-0.25, -0.2) is 0 Å². The fourth-order valence-corrected chi connectivity index (χ4v) is 3.92. The monoisotopic (exact) mass is 534 g/mol. The minimum absolute atomic E-state index is 0.515. The summed E-state index contributed by atoms with van der Waals surface area (Å²) in [5, 5.41) is 15.3. The first-order chi connectivity index (χ1) is 10.0. The van der Waals surface area contributed by atoms with E-state index < -0.39 is 6.10 Å². The zero-order chi connectivity index (χ0) is 15.1. The molecule has 21 heavy (non-hydrogen) atoms. The van der Waals surface area contributed by atoms with Crippen LogP contribution in [0.25, 0.3) is 21.5 Å². The maximum atomic E-state index is 10.3. The number of rotatable bonds is 2. The van der Waals surface area contributed by atoms with Gasteiger partial charge in [0.15, 0.2) is 0 Å². The molecule has 3 aromatic rings. The van der Waals surface area contributed by atoms with Crippen molar-refractivity contribution in [2.45, 2.75) is 6.10 Å². The Morgan fingerprint density at radius 2 is 1.57 bits per heavy atom. The third-order valence-corrected chi connectivity index (χ3v) is 6.44. The minimum Gasteiger partial charge on any atom is -0.388 e. The highest BCUT2D eigenvalue weighted by Crippen LogP contribution is 2.37. The highest BCUT2D eigenvalue weighted by molar-refractivity contribution is 9.13. The van der Waals surface area contributed by atoms with Crippen LogP contribution in [0.3, 0.4) is 0 Å². The third-order valence-electron chi connectivity index (χ3n) is 3.49. The van der Waals surface area contributed by atoms with Crippen LogP contribution in [0.15, 0.2) is 49.8 Å². The van der Waals surface area contributed by atoms with Crippen LogP contribution in [-0.4, -0.2) is 10.4 Å². The van der Waals surface area contributed by atoms with E-state index in [4.69, 9.17) is 0 Å². The molecule has 108 valence electrons. The summed E-state index contributed by atoms with van der Waals surface area (Å²) < 4.78 is 3.05. The third kappa shape index (κ3) is 2.95. The molecule has 0 aliphatic carbocycles. The lowest BCUT2D eigenvalue weighted by atomic mass is 9.95. The second-order valence-electron chi connectivity index (χ2n) is 4.81. The number of halogens is 4. The van der Waals surface area contributed by atoms with Crippen molar-refractivity contribution in [3.8, 4) is 0 Å². The van der Waals surface area contributed by atoms with Crippen LogP contribution in [0.2, 0.25) is 0 Å². The zero-order valence-corrected chi connectivity index (χ0v) is 17.1. The second kappa shape index (κ2) is 6.28. The van der Waals surface area contributed by atoms with E-state index in [9.17, 15) is 5.11 Å². The molecule has 0 aliphatic rings. The molecule has 0 unspecified atom stereocenters. The minimum atomic E-state index is -0.527. The molecule has 0 aliphatic heterocycles. The fraction of sp³-hybridized carbons (Fsp3) is 0.125. The quantitative estimate of drug-likeness (QED) is 0.285. The zero-order valence-electron chi connectivity index (χ0n) is 10.7. The maximum Gasteiger partial charge on any atom is 0.0893 e. The molecule has 0 saturated carbocycles. The van der Waals surface area contributed by atoms with Gasteiger partial charge in [-0.2, -0.15) is 0 Å². The fourth-order valence-electron chi connectivity index (χ4n) is 2.51. The summed E-state index contributed by atoms with van der Waals surface area (Å²) in [4.78, 5) is 0. The molecular weight excluding hydrogens is 528 g/mol. The van der Waals surface area contributed by atoms with Gasteiger partial charge < -0.3 is 5.11 Å². The average Bonchev–Trinajstić information content (AvgIpc) is 2.47. The van der Waals surface area contributed by atoms with Crippen LogP contribution in [0.4, 0.5) is 0 Å². The summed E-state index contributed by atoms with van der Waals surface area (Å²) >= 11 is 14.0.